The highest BCUT2D eigenvalue weighted by Gasteiger charge is 2.03. The van der Waals surface area contributed by atoms with Gasteiger partial charge in [0, 0.05) is 17.4 Å². The number of thiophene rings is 1. The lowest BCUT2D eigenvalue weighted by Gasteiger charge is -2.05. The van der Waals surface area contributed by atoms with Crippen molar-refractivity contribution in [2.24, 2.45) is 10.9 Å². The molecule has 2 heterocycles. The van der Waals surface area contributed by atoms with Crippen LogP contribution in [0.1, 0.15) is 10.6 Å². The van der Waals surface area contributed by atoms with E-state index < -0.39 is 0 Å². The van der Waals surface area contributed by atoms with E-state index in [-0.39, 0.29) is 5.84 Å². The number of hydrogen-bond acceptors (Lipinski definition) is 5. The number of rotatable bonds is 5. The Morgan fingerprint density at radius 2 is 2.28 bits per heavy atom. The number of aromatic nitrogens is 1. The molecule has 0 aliphatic carbocycles. The SMILES string of the molecule is NC(=NO)c1cccc(OCCc2cccs2)n1. The van der Waals surface area contributed by atoms with Crippen molar-refractivity contribution in [2.45, 2.75) is 6.42 Å². The van der Waals surface area contributed by atoms with Gasteiger partial charge in [0.1, 0.15) is 5.69 Å². The highest BCUT2D eigenvalue weighted by atomic mass is 32.1. The van der Waals surface area contributed by atoms with Crippen molar-refractivity contribution in [3.05, 3.63) is 46.3 Å². The molecule has 3 N–H and O–H groups in total. The van der Waals surface area contributed by atoms with Gasteiger partial charge < -0.3 is 15.7 Å². The molecule has 0 atom stereocenters. The molecule has 0 bridgehead atoms. The molecule has 0 radical (unpaired) electrons. The van der Waals surface area contributed by atoms with Crippen molar-refractivity contribution in [3.63, 3.8) is 0 Å². The molecule has 94 valence electrons. The Kier molecular flexibility index (Phi) is 4.14. The maximum atomic E-state index is 8.56. The summed E-state index contributed by atoms with van der Waals surface area (Å²) < 4.78 is 5.52. The topological polar surface area (TPSA) is 80.7 Å². The predicted octanol–water partition coefficient (Wildman–Crippen LogP) is 1.86. The third kappa shape index (κ3) is 3.21. The Bertz CT molecular complexity index is 526. The molecule has 0 unspecified atom stereocenters. The van der Waals surface area contributed by atoms with Crippen LogP contribution in [0.25, 0.3) is 0 Å². The number of nitrogens with two attached hydrogens (primary N) is 1. The summed E-state index contributed by atoms with van der Waals surface area (Å²) in [7, 11) is 0. The first-order chi connectivity index (χ1) is 8.79. The monoisotopic (exact) mass is 263 g/mol. The minimum Gasteiger partial charge on any atom is -0.477 e. The molecule has 0 saturated carbocycles. The van der Waals surface area contributed by atoms with Crippen molar-refractivity contribution in [1.29, 1.82) is 0 Å². The molecule has 5 nitrogen and oxygen atoms in total. The molecule has 6 heteroatoms. The van der Waals surface area contributed by atoms with Gasteiger partial charge in [0.05, 0.1) is 6.61 Å². The molecule has 0 fully saturated rings. The number of nitrogens with zero attached hydrogens (tertiary/aromatic N) is 2. The molecule has 2 rings (SSSR count). The fraction of sp³-hybridized carbons (Fsp3) is 0.167. The van der Waals surface area contributed by atoms with E-state index in [9.17, 15) is 0 Å². The second kappa shape index (κ2) is 6.02. The molecular formula is C12H13N3O2S. The molecule has 0 spiro atoms. The highest BCUT2D eigenvalue weighted by molar-refractivity contribution is 7.09. The van der Waals surface area contributed by atoms with Crippen molar-refractivity contribution in [1.82, 2.24) is 4.98 Å². The van der Waals surface area contributed by atoms with E-state index >= 15 is 0 Å². The van der Waals surface area contributed by atoms with Gasteiger partial charge in [-0.3, -0.25) is 0 Å². The second-order valence-electron chi connectivity index (χ2n) is 3.52. The molecular weight excluding hydrogens is 250 g/mol. The van der Waals surface area contributed by atoms with Crippen LogP contribution >= 0.6 is 11.3 Å². The maximum absolute atomic E-state index is 8.56. The minimum absolute atomic E-state index is 0.0290. The number of amidine groups is 1. The van der Waals surface area contributed by atoms with Crippen LogP contribution in [0.2, 0.25) is 0 Å². The molecule has 0 aromatic carbocycles. The van der Waals surface area contributed by atoms with Gasteiger partial charge in [-0.2, -0.15) is 0 Å². The smallest absolute Gasteiger partial charge is 0.213 e. The third-order valence-electron chi connectivity index (χ3n) is 2.27. The Morgan fingerprint density at radius 3 is 3.00 bits per heavy atom. The van der Waals surface area contributed by atoms with E-state index in [0.29, 0.717) is 18.2 Å². The van der Waals surface area contributed by atoms with Crippen LogP contribution in [0, 0.1) is 0 Å². The van der Waals surface area contributed by atoms with Gasteiger partial charge in [0.2, 0.25) is 5.88 Å². The van der Waals surface area contributed by atoms with Crippen molar-refractivity contribution in [2.75, 3.05) is 6.61 Å². The quantitative estimate of drug-likeness (QED) is 0.373. The van der Waals surface area contributed by atoms with Gasteiger partial charge in [-0.15, -0.1) is 11.3 Å². The Hall–Kier alpha value is -2.08. The lowest BCUT2D eigenvalue weighted by Crippen LogP contribution is -2.15. The van der Waals surface area contributed by atoms with E-state index in [1.807, 2.05) is 11.4 Å². The highest BCUT2D eigenvalue weighted by Crippen LogP contribution is 2.11. The largest absolute Gasteiger partial charge is 0.477 e. The average molecular weight is 263 g/mol. The summed E-state index contributed by atoms with van der Waals surface area (Å²) in [4.78, 5) is 5.39. The zero-order valence-corrected chi connectivity index (χ0v) is 10.4. The number of hydrogen-bond donors (Lipinski definition) is 2. The van der Waals surface area contributed by atoms with Crippen LogP contribution in [0.3, 0.4) is 0 Å². The molecule has 18 heavy (non-hydrogen) atoms. The molecule has 0 saturated heterocycles. The van der Waals surface area contributed by atoms with E-state index in [0.717, 1.165) is 6.42 Å². The van der Waals surface area contributed by atoms with Gasteiger partial charge in [0.15, 0.2) is 5.84 Å². The van der Waals surface area contributed by atoms with Crippen LogP contribution < -0.4 is 10.5 Å². The lowest BCUT2D eigenvalue weighted by atomic mass is 10.3. The number of ether oxygens (including phenoxy) is 1. The Morgan fingerprint density at radius 1 is 1.39 bits per heavy atom. The first kappa shape index (κ1) is 12.4. The van der Waals surface area contributed by atoms with Gasteiger partial charge in [-0.1, -0.05) is 17.3 Å². The van der Waals surface area contributed by atoms with Crippen LogP contribution in [0.15, 0.2) is 40.9 Å². The second-order valence-corrected chi connectivity index (χ2v) is 4.56. The fourth-order valence-corrected chi connectivity index (χ4v) is 2.09. The fourth-order valence-electron chi connectivity index (χ4n) is 1.40. The van der Waals surface area contributed by atoms with Gasteiger partial charge in [-0.25, -0.2) is 4.98 Å². The van der Waals surface area contributed by atoms with Gasteiger partial charge in [0.25, 0.3) is 0 Å². The summed E-state index contributed by atoms with van der Waals surface area (Å²) in [6.45, 7) is 0.549. The third-order valence-corrected chi connectivity index (χ3v) is 3.21. The van der Waals surface area contributed by atoms with E-state index in [1.165, 1.54) is 4.88 Å². The van der Waals surface area contributed by atoms with Gasteiger partial charge in [-0.05, 0) is 17.5 Å². The van der Waals surface area contributed by atoms with E-state index in [1.54, 1.807) is 29.5 Å². The van der Waals surface area contributed by atoms with Crippen molar-refractivity contribution < 1.29 is 9.94 Å². The summed E-state index contributed by atoms with van der Waals surface area (Å²) in [6.07, 6.45) is 0.840. The summed E-state index contributed by atoms with van der Waals surface area (Å²) in [6, 6.07) is 9.22. The zero-order chi connectivity index (χ0) is 12.8. The molecule has 0 aliphatic rings. The standard InChI is InChI=1S/C12H13N3O2S/c13-12(15-16)10-4-1-5-11(14-10)17-7-6-9-3-2-8-18-9/h1-5,8,16H,6-7H2,(H2,13,15). The Balaban J connectivity index is 1.93. The van der Waals surface area contributed by atoms with Crippen LogP contribution in [0.5, 0.6) is 5.88 Å². The molecule has 0 aliphatic heterocycles. The van der Waals surface area contributed by atoms with Crippen LogP contribution in [-0.4, -0.2) is 22.6 Å². The first-order valence-corrected chi connectivity index (χ1v) is 6.27. The van der Waals surface area contributed by atoms with E-state index in [2.05, 4.69) is 16.2 Å². The molecule has 0 amide bonds. The van der Waals surface area contributed by atoms with Crippen molar-refractivity contribution >= 4 is 17.2 Å². The summed E-state index contributed by atoms with van der Waals surface area (Å²) in [5, 5.41) is 13.5. The van der Waals surface area contributed by atoms with Crippen LogP contribution in [0.4, 0.5) is 0 Å². The average Bonchev–Trinajstić information content (AvgIpc) is 2.91. The van der Waals surface area contributed by atoms with Gasteiger partial charge >= 0.3 is 0 Å². The van der Waals surface area contributed by atoms with Crippen molar-refractivity contribution in [3.8, 4) is 5.88 Å². The lowest BCUT2D eigenvalue weighted by molar-refractivity contribution is 0.309. The predicted molar refractivity (Wildman–Crippen MR) is 70.3 cm³/mol. The Labute approximate surface area is 109 Å². The molecule has 2 aromatic heterocycles. The van der Waals surface area contributed by atoms with E-state index in [4.69, 9.17) is 15.7 Å². The summed E-state index contributed by atoms with van der Waals surface area (Å²) in [5.74, 6) is 0.439. The zero-order valence-electron chi connectivity index (χ0n) is 9.61. The number of oxime groups is 1. The minimum atomic E-state index is -0.0290. The maximum Gasteiger partial charge on any atom is 0.213 e. The number of pyridine rings is 1. The normalized spacial score (nSPS) is 11.4. The summed E-state index contributed by atoms with van der Waals surface area (Å²) in [5.41, 5.74) is 5.85. The first-order valence-electron chi connectivity index (χ1n) is 5.40. The molecule has 2 aromatic rings. The van der Waals surface area contributed by atoms with Crippen LogP contribution in [-0.2, 0) is 6.42 Å². The summed E-state index contributed by atoms with van der Waals surface area (Å²) >= 11 is 1.70.